The van der Waals surface area contributed by atoms with Crippen LogP contribution in [0.1, 0.15) is 5.56 Å². The summed E-state index contributed by atoms with van der Waals surface area (Å²) in [5.41, 5.74) is 13.1. The van der Waals surface area contributed by atoms with Crippen LogP contribution in [0.15, 0.2) is 199 Å². The number of hydrogen-bond acceptors (Lipinski definition) is 5. The molecule has 0 aliphatic carbocycles. The Labute approximate surface area is 329 Å². The fourth-order valence-corrected chi connectivity index (χ4v) is 7.66. The lowest BCUT2D eigenvalue weighted by Crippen LogP contribution is -2.01. The second-order valence-corrected chi connectivity index (χ2v) is 13.9. The molecule has 10 aromatic rings. The molecule has 5 nitrogen and oxygen atoms in total. The second kappa shape index (κ2) is 14.4. The first-order valence-corrected chi connectivity index (χ1v) is 18.8. The van der Waals surface area contributed by atoms with Crippen molar-refractivity contribution in [1.29, 1.82) is 5.26 Å². The second-order valence-electron chi connectivity index (χ2n) is 13.9. The van der Waals surface area contributed by atoms with Gasteiger partial charge in [-0.15, -0.1) is 0 Å². The summed E-state index contributed by atoms with van der Waals surface area (Å²) >= 11 is 0. The highest BCUT2D eigenvalue weighted by atomic mass is 16.3. The molecular weight excluding hydrogens is 697 g/mol. The van der Waals surface area contributed by atoms with Gasteiger partial charge in [0.05, 0.1) is 11.6 Å². The van der Waals surface area contributed by atoms with E-state index in [2.05, 4.69) is 97.1 Å². The molecule has 57 heavy (non-hydrogen) atoms. The third kappa shape index (κ3) is 6.32. The van der Waals surface area contributed by atoms with Gasteiger partial charge in [0.2, 0.25) is 0 Å². The maximum absolute atomic E-state index is 9.87. The molecular formula is C52H32N4O. The summed E-state index contributed by atoms with van der Waals surface area (Å²) in [6.45, 7) is 0. The molecule has 0 saturated heterocycles. The first kappa shape index (κ1) is 33.6. The highest BCUT2D eigenvalue weighted by Crippen LogP contribution is 2.40. The van der Waals surface area contributed by atoms with E-state index in [0.717, 1.165) is 77.6 Å². The third-order valence-electron chi connectivity index (χ3n) is 10.4. The molecule has 0 amide bonds. The average Bonchev–Trinajstić information content (AvgIpc) is 3.68. The van der Waals surface area contributed by atoms with Crippen LogP contribution in [0.2, 0.25) is 0 Å². The zero-order valence-electron chi connectivity index (χ0n) is 30.7. The van der Waals surface area contributed by atoms with Gasteiger partial charge in [-0.25, -0.2) is 15.0 Å². The summed E-state index contributed by atoms with van der Waals surface area (Å²) in [4.78, 5) is 15.4. The van der Waals surface area contributed by atoms with Crippen LogP contribution in [0.25, 0.3) is 101 Å². The van der Waals surface area contributed by atoms with Crippen LogP contribution in [0.5, 0.6) is 0 Å². The topological polar surface area (TPSA) is 75.6 Å². The number of aromatic nitrogens is 3. The van der Waals surface area contributed by atoms with E-state index < -0.39 is 0 Å². The van der Waals surface area contributed by atoms with Crippen LogP contribution in [-0.2, 0) is 0 Å². The summed E-state index contributed by atoms with van der Waals surface area (Å²) in [5, 5.41) is 11.9. The van der Waals surface area contributed by atoms with Crippen LogP contribution < -0.4 is 0 Å². The monoisotopic (exact) mass is 728 g/mol. The molecule has 8 aromatic carbocycles. The van der Waals surface area contributed by atoms with Gasteiger partial charge in [-0.1, -0.05) is 158 Å². The average molecular weight is 729 g/mol. The lowest BCUT2D eigenvalue weighted by molar-refractivity contribution is 0.669. The third-order valence-corrected chi connectivity index (χ3v) is 10.4. The Balaban J connectivity index is 1.13. The van der Waals surface area contributed by atoms with Crippen molar-refractivity contribution in [2.24, 2.45) is 0 Å². The minimum atomic E-state index is 0.527. The molecule has 0 unspecified atom stereocenters. The molecule has 5 heteroatoms. The lowest BCUT2D eigenvalue weighted by Gasteiger charge is -2.12. The van der Waals surface area contributed by atoms with Crippen molar-refractivity contribution in [3.05, 3.63) is 200 Å². The van der Waals surface area contributed by atoms with E-state index >= 15 is 0 Å². The zero-order chi connectivity index (χ0) is 38.1. The molecule has 0 spiro atoms. The Kier molecular flexibility index (Phi) is 8.48. The largest absolute Gasteiger partial charge is 0.456 e. The van der Waals surface area contributed by atoms with Crippen molar-refractivity contribution in [2.75, 3.05) is 0 Å². The maximum Gasteiger partial charge on any atom is 0.164 e. The van der Waals surface area contributed by atoms with Crippen molar-refractivity contribution >= 4 is 21.9 Å². The van der Waals surface area contributed by atoms with Crippen molar-refractivity contribution in [3.8, 4) is 84.7 Å². The number of furan rings is 1. The minimum absolute atomic E-state index is 0.527. The van der Waals surface area contributed by atoms with Crippen molar-refractivity contribution in [3.63, 3.8) is 0 Å². The number of nitriles is 1. The van der Waals surface area contributed by atoms with E-state index in [9.17, 15) is 5.26 Å². The molecule has 0 aliphatic rings. The van der Waals surface area contributed by atoms with Gasteiger partial charge in [-0.2, -0.15) is 5.26 Å². The van der Waals surface area contributed by atoms with Crippen LogP contribution >= 0.6 is 0 Å². The molecule has 0 bridgehead atoms. The van der Waals surface area contributed by atoms with Crippen LogP contribution in [-0.4, -0.2) is 15.0 Å². The smallest absolute Gasteiger partial charge is 0.164 e. The Morgan fingerprint density at radius 1 is 0.351 bits per heavy atom. The molecule has 0 N–H and O–H groups in total. The van der Waals surface area contributed by atoms with E-state index in [1.807, 2.05) is 103 Å². The highest BCUT2D eigenvalue weighted by molar-refractivity contribution is 6.13. The van der Waals surface area contributed by atoms with Gasteiger partial charge in [0.15, 0.2) is 17.5 Å². The van der Waals surface area contributed by atoms with Crippen LogP contribution in [0, 0.1) is 11.3 Å². The van der Waals surface area contributed by atoms with E-state index in [1.165, 1.54) is 5.56 Å². The Hall–Kier alpha value is -7.94. The number of benzene rings is 8. The van der Waals surface area contributed by atoms with E-state index in [0.29, 0.717) is 23.0 Å². The molecule has 0 saturated carbocycles. The van der Waals surface area contributed by atoms with Crippen molar-refractivity contribution in [1.82, 2.24) is 15.0 Å². The number of hydrogen-bond donors (Lipinski definition) is 0. The van der Waals surface area contributed by atoms with E-state index in [4.69, 9.17) is 19.4 Å². The highest BCUT2D eigenvalue weighted by Gasteiger charge is 2.19. The van der Waals surface area contributed by atoms with Gasteiger partial charge >= 0.3 is 0 Å². The molecule has 0 aliphatic heterocycles. The standard InChI is InChI=1S/C52H32N4O/c53-33-41-18-7-8-23-42(41)37-20-12-22-39(31-37)50-54-51(56-52(55-50)45-25-10-9-24-43(45)35-16-5-2-6-17-35)40-28-29-46-48(32-40)57-47-27-13-26-44(49(46)47)38-21-11-19-36(30-38)34-14-3-1-4-15-34/h1-32H. The molecule has 2 heterocycles. The lowest BCUT2D eigenvalue weighted by atomic mass is 9.95. The zero-order valence-corrected chi connectivity index (χ0v) is 30.7. The number of fused-ring (bicyclic) bond motifs is 3. The molecule has 0 radical (unpaired) electrons. The SMILES string of the molecule is N#Cc1ccccc1-c1cccc(-c2nc(-c3ccc4c(c3)oc3cccc(-c5cccc(-c6ccccc6)c5)c34)nc(-c3ccccc3-c3ccccc3)n2)c1. The van der Waals surface area contributed by atoms with Gasteiger partial charge in [0.1, 0.15) is 11.2 Å². The maximum atomic E-state index is 9.87. The number of rotatable bonds is 7. The van der Waals surface area contributed by atoms with Crippen LogP contribution in [0.4, 0.5) is 0 Å². The summed E-state index contributed by atoms with van der Waals surface area (Å²) in [7, 11) is 0. The predicted octanol–water partition coefficient (Wildman–Crippen LogP) is 13.3. The van der Waals surface area contributed by atoms with Gasteiger partial charge in [0.25, 0.3) is 0 Å². The summed E-state index contributed by atoms with van der Waals surface area (Å²) < 4.78 is 6.59. The number of nitrogens with zero attached hydrogens (tertiary/aromatic N) is 4. The molecule has 0 atom stereocenters. The predicted molar refractivity (Wildman–Crippen MR) is 230 cm³/mol. The van der Waals surface area contributed by atoms with Crippen LogP contribution in [0.3, 0.4) is 0 Å². The quantitative estimate of drug-likeness (QED) is 0.163. The first-order valence-electron chi connectivity index (χ1n) is 18.8. The Morgan fingerprint density at radius 3 is 1.63 bits per heavy atom. The van der Waals surface area contributed by atoms with Gasteiger partial charge in [-0.05, 0) is 80.9 Å². The summed E-state index contributed by atoms with van der Waals surface area (Å²) in [6, 6.07) is 68.0. The molecule has 2 aromatic heterocycles. The van der Waals surface area contributed by atoms with Crippen molar-refractivity contribution in [2.45, 2.75) is 0 Å². The van der Waals surface area contributed by atoms with E-state index in [-0.39, 0.29) is 0 Å². The van der Waals surface area contributed by atoms with Crippen molar-refractivity contribution < 1.29 is 4.42 Å². The fraction of sp³-hybridized carbons (Fsp3) is 0. The molecule has 10 rings (SSSR count). The fourth-order valence-electron chi connectivity index (χ4n) is 7.66. The first-order chi connectivity index (χ1) is 28.2. The normalized spacial score (nSPS) is 11.1. The summed E-state index contributed by atoms with van der Waals surface area (Å²) in [6.07, 6.45) is 0. The van der Waals surface area contributed by atoms with Gasteiger partial charge in [-0.3, -0.25) is 0 Å². The minimum Gasteiger partial charge on any atom is -0.456 e. The summed E-state index contributed by atoms with van der Waals surface area (Å²) in [5.74, 6) is 1.61. The molecule has 0 fully saturated rings. The van der Waals surface area contributed by atoms with Gasteiger partial charge < -0.3 is 4.42 Å². The molecule has 266 valence electrons. The van der Waals surface area contributed by atoms with Gasteiger partial charge in [0, 0.05) is 27.5 Å². The Bertz CT molecular complexity index is 3140. The van der Waals surface area contributed by atoms with E-state index in [1.54, 1.807) is 0 Å². The Morgan fingerprint density at radius 2 is 0.877 bits per heavy atom.